The number of guanidine groups is 1. The molecule has 1 heterocycles. The summed E-state index contributed by atoms with van der Waals surface area (Å²) in [4.78, 5) is 21.2. The van der Waals surface area contributed by atoms with Gasteiger partial charge in [0.2, 0.25) is 5.91 Å². The minimum Gasteiger partial charge on any atom is -0.368 e. The van der Waals surface area contributed by atoms with E-state index in [1.807, 2.05) is 17.9 Å². The molecule has 7 heteroatoms. The first-order valence-electron chi connectivity index (χ1n) is 9.84. The standard InChI is InChI=1S/C20H33N5O.HI/c1-3-5-9-12-22-20(21-4-2)23-17-19(26)25-15-13-24(14-16-25)18-10-7-6-8-11-18;/h6-8,10-11H,3-5,9,12-17H2,1-2H3,(H2,21,22,23);1H. The van der Waals surface area contributed by atoms with Crippen LogP contribution in [0.4, 0.5) is 5.69 Å². The summed E-state index contributed by atoms with van der Waals surface area (Å²) in [7, 11) is 0. The van der Waals surface area contributed by atoms with E-state index < -0.39 is 0 Å². The maximum atomic E-state index is 12.5. The van der Waals surface area contributed by atoms with Crippen molar-refractivity contribution in [3.63, 3.8) is 0 Å². The minimum absolute atomic E-state index is 0. The molecule has 0 bridgehead atoms. The van der Waals surface area contributed by atoms with Crippen molar-refractivity contribution in [2.24, 2.45) is 4.99 Å². The predicted octanol–water partition coefficient (Wildman–Crippen LogP) is 2.70. The van der Waals surface area contributed by atoms with E-state index in [0.717, 1.165) is 51.6 Å². The molecule has 0 unspecified atom stereocenters. The molecule has 2 N–H and O–H groups in total. The van der Waals surface area contributed by atoms with Gasteiger partial charge < -0.3 is 20.4 Å². The number of carbonyl (C=O) groups is 1. The maximum Gasteiger partial charge on any atom is 0.244 e. The second-order valence-electron chi connectivity index (χ2n) is 6.53. The molecule has 1 fully saturated rings. The summed E-state index contributed by atoms with van der Waals surface area (Å²) < 4.78 is 0. The topological polar surface area (TPSA) is 60.0 Å². The Morgan fingerprint density at radius 3 is 2.37 bits per heavy atom. The average molecular weight is 487 g/mol. The number of hydrogen-bond donors (Lipinski definition) is 2. The van der Waals surface area contributed by atoms with E-state index in [1.54, 1.807) is 0 Å². The second-order valence-corrected chi connectivity index (χ2v) is 6.53. The third-order valence-corrected chi connectivity index (χ3v) is 4.54. The summed E-state index contributed by atoms with van der Waals surface area (Å²) in [6.45, 7) is 9.36. The fourth-order valence-corrected chi connectivity index (χ4v) is 3.02. The summed E-state index contributed by atoms with van der Waals surface area (Å²) in [5, 5.41) is 6.51. The van der Waals surface area contributed by atoms with Crippen LogP contribution >= 0.6 is 24.0 Å². The summed E-state index contributed by atoms with van der Waals surface area (Å²) in [5.41, 5.74) is 1.23. The SMILES string of the molecule is CCCCCNC(=NCC(=O)N1CCN(c2ccccc2)CC1)NCC.I. The van der Waals surface area contributed by atoms with E-state index in [4.69, 9.17) is 0 Å². The number of hydrogen-bond acceptors (Lipinski definition) is 3. The Balaban J connectivity index is 0.00000364. The van der Waals surface area contributed by atoms with Crippen molar-refractivity contribution in [2.75, 3.05) is 50.7 Å². The number of para-hydroxylation sites is 1. The van der Waals surface area contributed by atoms with Crippen LogP contribution in [-0.4, -0.2) is 62.6 Å². The maximum absolute atomic E-state index is 12.5. The highest BCUT2D eigenvalue weighted by Gasteiger charge is 2.20. The normalized spacial score (nSPS) is 14.5. The Morgan fingerprint density at radius 2 is 1.74 bits per heavy atom. The molecule has 0 aromatic heterocycles. The summed E-state index contributed by atoms with van der Waals surface area (Å²) in [6, 6.07) is 10.4. The molecule has 1 saturated heterocycles. The molecule has 0 atom stereocenters. The Kier molecular flexibility index (Phi) is 11.9. The highest BCUT2D eigenvalue weighted by Crippen LogP contribution is 2.15. The fourth-order valence-electron chi connectivity index (χ4n) is 3.02. The van der Waals surface area contributed by atoms with E-state index in [9.17, 15) is 4.79 Å². The summed E-state index contributed by atoms with van der Waals surface area (Å²) >= 11 is 0. The van der Waals surface area contributed by atoms with E-state index in [-0.39, 0.29) is 36.4 Å². The lowest BCUT2D eigenvalue weighted by Gasteiger charge is -2.36. The number of halogens is 1. The van der Waals surface area contributed by atoms with Crippen molar-refractivity contribution in [1.82, 2.24) is 15.5 Å². The number of unbranched alkanes of at least 4 members (excludes halogenated alkanes) is 2. The molecule has 1 aromatic rings. The summed E-state index contributed by atoms with van der Waals surface area (Å²) in [5.74, 6) is 0.836. The van der Waals surface area contributed by atoms with Crippen molar-refractivity contribution in [3.05, 3.63) is 30.3 Å². The number of anilines is 1. The van der Waals surface area contributed by atoms with Crippen LogP contribution in [0.2, 0.25) is 0 Å². The minimum atomic E-state index is 0. The Labute approximate surface area is 180 Å². The number of amides is 1. The third-order valence-electron chi connectivity index (χ3n) is 4.54. The molecule has 0 saturated carbocycles. The monoisotopic (exact) mass is 487 g/mol. The third kappa shape index (κ3) is 8.36. The van der Waals surface area contributed by atoms with Crippen LogP contribution in [0.1, 0.15) is 33.1 Å². The van der Waals surface area contributed by atoms with E-state index >= 15 is 0 Å². The van der Waals surface area contributed by atoms with Gasteiger partial charge in [0, 0.05) is 45.0 Å². The van der Waals surface area contributed by atoms with Gasteiger partial charge in [-0.05, 0) is 25.5 Å². The van der Waals surface area contributed by atoms with E-state index in [0.29, 0.717) is 0 Å². The molecular weight excluding hydrogens is 453 g/mol. The molecule has 2 rings (SSSR count). The van der Waals surface area contributed by atoms with Gasteiger partial charge >= 0.3 is 0 Å². The van der Waals surface area contributed by atoms with Gasteiger partial charge in [0.15, 0.2) is 5.96 Å². The van der Waals surface area contributed by atoms with Crippen molar-refractivity contribution >= 4 is 41.5 Å². The van der Waals surface area contributed by atoms with Gasteiger partial charge in [-0.15, -0.1) is 24.0 Å². The van der Waals surface area contributed by atoms with Gasteiger partial charge in [0.05, 0.1) is 0 Å². The summed E-state index contributed by atoms with van der Waals surface area (Å²) in [6.07, 6.45) is 3.52. The zero-order valence-corrected chi connectivity index (χ0v) is 18.9. The molecule has 27 heavy (non-hydrogen) atoms. The molecule has 152 valence electrons. The lowest BCUT2D eigenvalue weighted by molar-refractivity contribution is -0.129. The number of nitrogens with one attached hydrogen (secondary N) is 2. The highest BCUT2D eigenvalue weighted by molar-refractivity contribution is 14.0. The Hall–Kier alpha value is -1.51. The van der Waals surface area contributed by atoms with E-state index in [1.165, 1.54) is 18.5 Å². The van der Waals surface area contributed by atoms with Crippen molar-refractivity contribution in [2.45, 2.75) is 33.1 Å². The predicted molar refractivity (Wildman–Crippen MR) is 124 cm³/mol. The first-order valence-corrected chi connectivity index (χ1v) is 9.84. The molecule has 1 aliphatic heterocycles. The van der Waals surface area contributed by atoms with Crippen LogP contribution in [0.25, 0.3) is 0 Å². The molecule has 1 aliphatic rings. The lowest BCUT2D eigenvalue weighted by atomic mass is 10.2. The molecule has 6 nitrogen and oxygen atoms in total. The zero-order chi connectivity index (χ0) is 18.6. The fraction of sp³-hybridized carbons (Fsp3) is 0.600. The van der Waals surface area contributed by atoms with Crippen LogP contribution < -0.4 is 15.5 Å². The largest absolute Gasteiger partial charge is 0.368 e. The number of piperazine rings is 1. The average Bonchev–Trinajstić information content (AvgIpc) is 2.70. The number of rotatable bonds is 8. The zero-order valence-electron chi connectivity index (χ0n) is 16.6. The van der Waals surface area contributed by atoms with Crippen molar-refractivity contribution in [1.29, 1.82) is 0 Å². The Bertz CT molecular complexity index is 559. The van der Waals surface area contributed by atoms with Gasteiger partial charge in [0.1, 0.15) is 6.54 Å². The molecule has 0 aliphatic carbocycles. The number of aliphatic imine (C=N–C) groups is 1. The molecular formula is C20H34IN5O. The highest BCUT2D eigenvalue weighted by atomic mass is 127. The van der Waals surface area contributed by atoms with Gasteiger partial charge in [-0.1, -0.05) is 38.0 Å². The van der Waals surface area contributed by atoms with Crippen molar-refractivity contribution in [3.8, 4) is 0 Å². The number of nitrogens with zero attached hydrogens (tertiary/aromatic N) is 3. The molecule has 0 spiro atoms. The lowest BCUT2D eigenvalue weighted by Crippen LogP contribution is -2.49. The first kappa shape index (κ1) is 23.5. The number of carbonyl (C=O) groups excluding carboxylic acids is 1. The molecule has 1 aromatic carbocycles. The van der Waals surface area contributed by atoms with Crippen LogP contribution in [0.15, 0.2) is 35.3 Å². The molecule has 0 radical (unpaired) electrons. The first-order chi connectivity index (χ1) is 12.7. The van der Waals surface area contributed by atoms with Gasteiger partial charge in [-0.25, -0.2) is 4.99 Å². The number of benzene rings is 1. The van der Waals surface area contributed by atoms with Crippen molar-refractivity contribution < 1.29 is 4.79 Å². The molecule has 1 amide bonds. The van der Waals surface area contributed by atoms with Crippen LogP contribution in [0.5, 0.6) is 0 Å². The van der Waals surface area contributed by atoms with Crippen LogP contribution in [0.3, 0.4) is 0 Å². The van der Waals surface area contributed by atoms with Gasteiger partial charge in [0.25, 0.3) is 0 Å². The van der Waals surface area contributed by atoms with Gasteiger partial charge in [-0.3, -0.25) is 4.79 Å². The smallest absolute Gasteiger partial charge is 0.244 e. The Morgan fingerprint density at radius 1 is 1.04 bits per heavy atom. The van der Waals surface area contributed by atoms with Gasteiger partial charge in [-0.2, -0.15) is 0 Å². The quantitative estimate of drug-likeness (QED) is 0.256. The van der Waals surface area contributed by atoms with Crippen LogP contribution in [-0.2, 0) is 4.79 Å². The van der Waals surface area contributed by atoms with E-state index in [2.05, 4.69) is 51.7 Å². The second kappa shape index (κ2) is 13.6. The van der Waals surface area contributed by atoms with Crippen LogP contribution in [0, 0.1) is 0 Å².